The van der Waals surface area contributed by atoms with Crippen molar-refractivity contribution in [3.8, 4) is 27.9 Å². The molecule has 4 aromatic rings. The average Bonchev–Trinajstić information content (AvgIpc) is 3.34. The predicted octanol–water partition coefficient (Wildman–Crippen LogP) is 4.15. The van der Waals surface area contributed by atoms with E-state index in [0.717, 1.165) is 4.88 Å². The number of aromatic nitrogens is 4. The van der Waals surface area contributed by atoms with E-state index >= 15 is 0 Å². The summed E-state index contributed by atoms with van der Waals surface area (Å²) in [6.07, 6.45) is 2.93. The first-order valence-corrected chi connectivity index (χ1v) is 8.41. The van der Waals surface area contributed by atoms with Crippen LogP contribution >= 0.6 is 11.3 Å². The molecule has 0 saturated carbocycles. The first kappa shape index (κ1) is 16.2. The van der Waals surface area contributed by atoms with Gasteiger partial charge in [0.2, 0.25) is 5.82 Å². The lowest BCUT2D eigenvalue weighted by atomic mass is 10.2. The lowest BCUT2D eigenvalue weighted by molar-refractivity contribution is 0.386. The molecule has 7 nitrogen and oxygen atoms in total. The summed E-state index contributed by atoms with van der Waals surface area (Å²) in [5.41, 5.74) is 1.01. The van der Waals surface area contributed by atoms with Gasteiger partial charge in [-0.15, -0.1) is 11.3 Å². The molecule has 0 aliphatic carbocycles. The Morgan fingerprint density at radius 1 is 1.27 bits per heavy atom. The fraction of sp³-hybridized carbons (Fsp3) is 0.0588. The summed E-state index contributed by atoms with van der Waals surface area (Å²) in [4.78, 5) is 13.5. The van der Waals surface area contributed by atoms with E-state index in [-0.39, 0.29) is 11.6 Å². The maximum absolute atomic E-state index is 13.9. The van der Waals surface area contributed by atoms with E-state index in [1.165, 1.54) is 36.9 Å². The lowest BCUT2D eigenvalue weighted by Crippen LogP contribution is -1.98. The topological polar surface area (TPSA) is 86.0 Å². The minimum atomic E-state index is -0.481. The van der Waals surface area contributed by atoms with E-state index in [9.17, 15) is 4.39 Å². The number of hydrogen-bond donors (Lipinski definition) is 1. The molecule has 26 heavy (non-hydrogen) atoms. The predicted molar refractivity (Wildman–Crippen MR) is 94.9 cm³/mol. The van der Waals surface area contributed by atoms with Gasteiger partial charge in [0, 0.05) is 18.0 Å². The van der Waals surface area contributed by atoms with Crippen molar-refractivity contribution >= 4 is 22.8 Å². The maximum atomic E-state index is 13.9. The SMILES string of the molecule is COc1ccc(Nc2ncncc2-c2nc(-c3cccs3)no2)cc1F. The van der Waals surface area contributed by atoms with Gasteiger partial charge >= 0.3 is 0 Å². The molecule has 1 aromatic carbocycles. The van der Waals surface area contributed by atoms with Crippen LogP contribution in [0.25, 0.3) is 22.2 Å². The number of benzene rings is 1. The van der Waals surface area contributed by atoms with Crippen LogP contribution in [0, 0.1) is 5.82 Å². The summed E-state index contributed by atoms with van der Waals surface area (Å²) in [5.74, 6) is 0.860. The molecule has 0 radical (unpaired) electrons. The number of hydrogen-bond acceptors (Lipinski definition) is 8. The van der Waals surface area contributed by atoms with Crippen molar-refractivity contribution in [2.45, 2.75) is 0 Å². The molecule has 0 spiro atoms. The van der Waals surface area contributed by atoms with E-state index in [1.807, 2.05) is 17.5 Å². The van der Waals surface area contributed by atoms with Gasteiger partial charge in [0.1, 0.15) is 17.7 Å². The molecule has 0 saturated heterocycles. The van der Waals surface area contributed by atoms with Crippen LogP contribution in [0.3, 0.4) is 0 Å². The summed E-state index contributed by atoms with van der Waals surface area (Å²) in [6, 6.07) is 8.33. The Bertz CT molecular complexity index is 1040. The van der Waals surface area contributed by atoms with E-state index in [4.69, 9.17) is 9.26 Å². The van der Waals surface area contributed by atoms with Gasteiger partial charge in [-0.25, -0.2) is 14.4 Å². The minimum absolute atomic E-state index is 0.163. The zero-order chi connectivity index (χ0) is 17.9. The van der Waals surface area contributed by atoms with Gasteiger partial charge in [0.15, 0.2) is 11.6 Å². The summed E-state index contributed by atoms with van der Waals surface area (Å²) in [6.45, 7) is 0. The molecule has 0 atom stereocenters. The zero-order valence-corrected chi connectivity index (χ0v) is 14.3. The van der Waals surface area contributed by atoms with Crippen LogP contribution in [0.1, 0.15) is 0 Å². The number of ether oxygens (including phenoxy) is 1. The number of anilines is 2. The van der Waals surface area contributed by atoms with Crippen LogP contribution in [-0.2, 0) is 0 Å². The molecule has 3 aromatic heterocycles. The third-order valence-electron chi connectivity index (χ3n) is 3.52. The van der Waals surface area contributed by atoms with Gasteiger partial charge in [-0.3, -0.25) is 0 Å². The third-order valence-corrected chi connectivity index (χ3v) is 4.39. The molecule has 0 aliphatic rings. The van der Waals surface area contributed by atoms with Crippen molar-refractivity contribution in [2.24, 2.45) is 0 Å². The van der Waals surface area contributed by atoms with Crippen molar-refractivity contribution in [2.75, 3.05) is 12.4 Å². The molecule has 4 rings (SSSR count). The van der Waals surface area contributed by atoms with Crippen molar-refractivity contribution < 1.29 is 13.7 Å². The van der Waals surface area contributed by atoms with Crippen LogP contribution in [0.15, 0.2) is 52.8 Å². The second kappa shape index (κ2) is 6.89. The number of methoxy groups -OCH3 is 1. The maximum Gasteiger partial charge on any atom is 0.263 e. The van der Waals surface area contributed by atoms with E-state index in [2.05, 4.69) is 25.4 Å². The second-order valence-electron chi connectivity index (χ2n) is 5.16. The fourth-order valence-electron chi connectivity index (χ4n) is 2.31. The highest BCUT2D eigenvalue weighted by Crippen LogP contribution is 2.30. The molecule has 0 aliphatic heterocycles. The van der Waals surface area contributed by atoms with Gasteiger partial charge < -0.3 is 14.6 Å². The summed E-state index contributed by atoms with van der Waals surface area (Å²) in [7, 11) is 1.41. The number of halogens is 1. The number of nitrogens with one attached hydrogen (secondary N) is 1. The van der Waals surface area contributed by atoms with Crippen LogP contribution < -0.4 is 10.1 Å². The molecular weight excluding hydrogens is 357 g/mol. The molecule has 3 heterocycles. The molecule has 0 unspecified atom stereocenters. The van der Waals surface area contributed by atoms with E-state index in [0.29, 0.717) is 22.9 Å². The van der Waals surface area contributed by atoms with Crippen LogP contribution in [-0.4, -0.2) is 27.2 Å². The Hall–Kier alpha value is -3.33. The van der Waals surface area contributed by atoms with Gasteiger partial charge in [-0.05, 0) is 23.6 Å². The molecular formula is C17H12FN5O2S. The number of thiophene rings is 1. The monoisotopic (exact) mass is 369 g/mol. The van der Waals surface area contributed by atoms with Gasteiger partial charge in [-0.1, -0.05) is 11.2 Å². The van der Waals surface area contributed by atoms with Crippen molar-refractivity contribution in [1.29, 1.82) is 0 Å². The largest absolute Gasteiger partial charge is 0.494 e. The summed E-state index contributed by atoms with van der Waals surface area (Å²) < 4.78 is 24.2. The van der Waals surface area contributed by atoms with Crippen LogP contribution in [0.5, 0.6) is 5.75 Å². The molecule has 130 valence electrons. The van der Waals surface area contributed by atoms with Gasteiger partial charge in [-0.2, -0.15) is 4.98 Å². The Balaban J connectivity index is 1.66. The summed E-state index contributed by atoms with van der Waals surface area (Å²) in [5, 5.41) is 8.95. The average molecular weight is 369 g/mol. The Labute approximate surface area is 151 Å². The summed E-state index contributed by atoms with van der Waals surface area (Å²) >= 11 is 1.51. The van der Waals surface area contributed by atoms with Crippen molar-refractivity contribution in [1.82, 2.24) is 20.1 Å². The Kier molecular flexibility index (Phi) is 4.28. The fourth-order valence-corrected chi connectivity index (χ4v) is 2.95. The number of rotatable bonds is 5. The Morgan fingerprint density at radius 3 is 2.96 bits per heavy atom. The molecule has 0 fully saturated rings. The molecule has 9 heteroatoms. The third kappa shape index (κ3) is 3.11. The quantitative estimate of drug-likeness (QED) is 0.565. The highest BCUT2D eigenvalue weighted by Gasteiger charge is 2.16. The van der Waals surface area contributed by atoms with Crippen molar-refractivity contribution in [3.63, 3.8) is 0 Å². The van der Waals surface area contributed by atoms with E-state index in [1.54, 1.807) is 12.3 Å². The smallest absolute Gasteiger partial charge is 0.263 e. The highest BCUT2D eigenvalue weighted by atomic mass is 32.1. The van der Waals surface area contributed by atoms with Crippen LogP contribution in [0.4, 0.5) is 15.9 Å². The Morgan fingerprint density at radius 2 is 2.19 bits per heavy atom. The van der Waals surface area contributed by atoms with Gasteiger partial charge in [0.05, 0.1) is 12.0 Å². The first-order chi connectivity index (χ1) is 12.7. The molecule has 0 bridgehead atoms. The first-order valence-electron chi connectivity index (χ1n) is 7.53. The van der Waals surface area contributed by atoms with E-state index < -0.39 is 5.82 Å². The highest BCUT2D eigenvalue weighted by molar-refractivity contribution is 7.13. The standard InChI is InChI=1S/C17H12FN5O2S/c1-24-13-5-4-10(7-12(13)18)21-15-11(8-19-9-20-15)17-22-16(23-25-17)14-3-2-6-26-14/h2-9H,1H3,(H,19,20,21). The number of nitrogens with zero attached hydrogens (tertiary/aromatic N) is 4. The zero-order valence-electron chi connectivity index (χ0n) is 13.5. The molecule has 1 N–H and O–H groups in total. The molecule has 0 amide bonds. The van der Waals surface area contributed by atoms with Crippen molar-refractivity contribution in [3.05, 3.63) is 54.1 Å². The second-order valence-corrected chi connectivity index (χ2v) is 6.11. The minimum Gasteiger partial charge on any atom is -0.494 e. The lowest BCUT2D eigenvalue weighted by Gasteiger charge is -2.09. The van der Waals surface area contributed by atoms with Crippen LogP contribution in [0.2, 0.25) is 0 Å². The van der Waals surface area contributed by atoms with Gasteiger partial charge in [0.25, 0.3) is 5.89 Å². The normalized spacial score (nSPS) is 10.7.